The number of nitrogens with one attached hydrogen (secondary N) is 7. The fourth-order valence-electron chi connectivity index (χ4n) is 3.41. The van der Waals surface area contributed by atoms with Gasteiger partial charge in [-0.1, -0.05) is 30.3 Å². The summed E-state index contributed by atoms with van der Waals surface area (Å²) in [5.74, 6) is -4.47. The zero-order valence-electron chi connectivity index (χ0n) is 21.6. The molecular formula is C24H36N8O7. The first kappa shape index (κ1) is 32.5. The van der Waals surface area contributed by atoms with Gasteiger partial charge in [0.05, 0.1) is 25.6 Å². The molecule has 0 aliphatic carbocycles. The zero-order valence-corrected chi connectivity index (χ0v) is 21.6. The number of carboxylic acid groups (broad SMARTS) is 1. The van der Waals surface area contributed by atoms with E-state index in [0.29, 0.717) is 12.7 Å². The summed E-state index contributed by atoms with van der Waals surface area (Å²) in [4.78, 5) is 72.5. The van der Waals surface area contributed by atoms with Crippen molar-refractivity contribution in [2.45, 2.75) is 43.8 Å². The first-order valence-electron chi connectivity index (χ1n) is 12.2. The number of likely N-dealkylation sites (N-methyl/N-ethyl adjacent to an activating group) is 1. The van der Waals surface area contributed by atoms with Crippen LogP contribution in [0, 0.1) is 5.41 Å². The highest BCUT2D eigenvalue weighted by Gasteiger charge is 2.27. The Morgan fingerprint density at radius 3 is 2.18 bits per heavy atom. The Morgan fingerprint density at radius 1 is 0.949 bits per heavy atom. The third-order valence-electron chi connectivity index (χ3n) is 5.22. The Kier molecular flexibility index (Phi) is 14.9. The van der Waals surface area contributed by atoms with E-state index in [2.05, 4.69) is 31.9 Å². The molecule has 0 radical (unpaired) electrons. The second-order valence-electron chi connectivity index (χ2n) is 8.51. The molecule has 0 aliphatic rings. The molecule has 1 aromatic rings. The Hall–Kier alpha value is -4.53. The van der Waals surface area contributed by atoms with Crippen molar-refractivity contribution in [2.24, 2.45) is 5.73 Å². The van der Waals surface area contributed by atoms with Gasteiger partial charge in [0.2, 0.25) is 23.6 Å². The first-order valence-corrected chi connectivity index (χ1v) is 12.2. The topological polar surface area (TPSA) is 245 Å². The molecule has 10 N–H and O–H groups in total. The summed E-state index contributed by atoms with van der Waals surface area (Å²) >= 11 is 0. The van der Waals surface area contributed by atoms with E-state index in [1.807, 2.05) is 0 Å². The molecule has 4 amide bonds. The van der Waals surface area contributed by atoms with Crippen LogP contribution >= 0.6 is 0 Å². The van der Waals surface area contributed by atoms with Crippen LogP contribution < -0.4 is 37.6 Å². The minimum atomic E-state index is -1.51. The quantitative estimate of drug-likeness (QED) is 0.0388. The molecule has 0 saturated carbocycles. The summed E-state index contributed by atoms with van der Waals surface area (Å²) in [7, 11) is 1.55. The van der Waals surface area contributed by atoms with Gasteiger partial charge in [-0.3, -0.25) is 29.4 Å². The van der Waals surface area contributed by atoms with Crippen LogP contribution in [0.25, 0.3) is 0 Å². The van der Waals surface area contributed by atoms with Crippen LogP contribution in [0.15, 0.2) is 30.3 Å². The third-order valence-corrected chi connectivity index (χ3v) is 5.22. The predicted molar refractivity (Wildman–Crippen MR) is 140 cm³/mol. The first-order chi connectivity index (χ1) is 18.5. The van der Waals surface area contributed by atoms with Crippen molar-refractivity contribution in [1.82, 2.24) is 31.9 Å². The molecule has 0 saturated heterocycles. The van der Waals surface area contributed by atoms with Gasteiger partial charge >= 0.3 is 5.97 Å². The lowest BCUT2D eigenvalue weighted by atomic mass is 10.1. The van der Waals surface area contributed by atoms with E-state index in [1.54, 1.807) is 37.4 Å². The van der Waals surface area contributed by atoms with E-state index in [4.69, 9.17) is 11.1 Å². The maximum absolute atomic E-state index is 12.7. The number of benzene rings is 1. The summed E-state index contributed by atoms with van der Waals surface area (Å²) in [5.41, 5.74) is 5.99. The largest absolute Gasteiger partial charge is 0.481 e. The van der Waals surface area contributed by atoms with Gasteiger partial charge < -0.3 is 47.5 Å². The molecule has 0 aromatic heterocycles. The van der Waals surface area contributed by atoms with Gasteiger partial charge in [-0.2, -0.15) is 0 Å². The smallest absolute Gasteiger partial charge is 0.305 e. The average Bonchev–Trinajstić information content (AvgIpc) is 2.88. The maximum Gasteiger partial charge on any atom is 0.305 e. The minimum absolute atomic E-state index is 0.0476. The van der Waals surface area contributed by atoms with Gasteiger partial charge in [0, 0.05) is 6.54 Å². The molecule has 0 heterocycles. The molecule has 0 aliphatic heterocycles. The van der Waals surface area contributed by atoms with Crippen molar-refractivity contribution in [1.29, 1.82) is 5.41 Å². The summed E-state index contributed by atoms with van der Waals surface area (Å²) < 4.78 is 0. The van der Waals surface area contributed by atoms with Crippen molar-refractivity contribution in [3.63, 3.8) is 0 Å². The number of rotatable bonds is 18. The third kappa shape index (κ3) is 14.1. The SMILES string of the molecule is CNCC(=O)NC(CCCNC(=N)N)C(=O)NCC(=O)NC(CC(=O)O)C(=O)NC(C=O)Cc1ccccc1. The van der Waals surface area contributed by atoms with E-state index >= 15 is 0 Å². The molecular weight excluding hydrogens is 512 g/mol. The Balaban J connectivity index is 2.74. The number of nitrogens with two attached hydrogens (primary N) is 1. The maximum atomic E-state index is 12.7. The van der Waals surface area contributed by atoms with Gasteiger partial charge in [-0.05, 0) is 31.9 Å². The highest BCUT2D eigenvalue weighted by Crippen LogP contribution is 2.03. The number of amides is 4. The van der Waals surface area contributed by atoms with E-state index in [1.165, 1.54) is 0 Å². The van der Waals surface area contributed by atoms with Crippen LogP contribution in [0.2, 0.25) is 0 Å². The second kappa shape index (κ2) is 17.8. The van der Waals surface area contributed by atoms with Crippen molar-refractivity contribution < 1.29 is 33.9 Å². The number of carbonyl (C=O) groups is 6. The highest BCUT2D eigenvalue weighted by atomic mass is 16.4. The van der Waals surface area contributed by atoms with Gasteiger partial charge in [0.15, 0.2) is 5.96 Å². The molecule has 1 aromatic carbocycles. The van der Waals surface area contributed by atoms with Crippen molar-refractivity contribution in [2.75, 3.05) is 26.7 Å². The number of aldehydes is 1. The lowest BCUT2D eigenvalue weighted by Crippen LogP contribution is -2.54. The molecule has 39 heavy (non-hydrogen) atoms. The fraction of sp³-hybridized carbons (Fsp3) is 0.458. The molecule has 1 rings (SSSR count). The summed E-state index contributed by atoms with van der Waals surface area (Å²) in [6.07, 6.45) is 0.461. The average molecular weight is 549 g/mol. The van der Waals surface area contributed by atoms with E-state index in [9.17, 15) is 33.9 Å². The van der Waals surface area contributed by atoms with Crippen LogP contribution in [-0.2, 0) is 35.2 Å². The van der Waals surface area contributed by atoms with Crippen LogP contribution in [0.3, 0.4) is 0 Å². The number of guanidine groups is 1. The molecule has 3 unspecified atom stereocenters. The van der Waals surface area contributed by atoms with Crippen molar-refractivity contribution in [3.05, 3.63) is 35.9 Å². The van der Waals surface area contributed by atoms with Crippen LogP contribution in [0.4, 0.5) is 0 Å². The van der Waals surface area contributed by atoms with Gasteiger partial charge in [-0.15, -0.1) is 0 Å². The number of aliphatic carboxylic acids is 1. The summed E-state index contributed by atoms with van der Waals surface area (Å²) in [6, 6.07) is 5.38. The summed E-state index contributed by atoms with van der Waals surface area (Å²) in [6.45, 7) is -0.374. The zero-order chi connectivity index (χ0) is 29.2. The number of carboxylic acids is 1. The lowest BCUT2D eigenvalue weighted by Gasteiger charge is -2.21. The van der Waals surface area contributed by atoms with Crippen molar-refractivity contribution >= 4 is 41.8 Å². The molecule has 214 valence electrons. The van der Waals surface area contributed by atoms with Crippen molar-refractivity contribution in [3.8, 4) is 0 Å². The minimum Gasteiger partial charge on any atom is -0.481 e. The molecule has 0 spiro atoms. The van der Waals surface area contributed by atoms with E-state index < -0.39 is 60.7 Å². The molecule has 15 nitrogen and oxygen atoms in total. The van der Waals surface area contributed by atoms with E-state index in [0.717, 1.165) is 5.56 Å². The van der Waals surface area contributed by atoms with Crippen LogP contribution in [0.5, 0.6) is 0 Å². The summed E-state index contributed by atoms with van der Waals surface area (Å²) in [5, 5.41) is 31.1. The normalized spacial score (nSPS) is 12.6. The number of carbonyl (C=O) groups excluding carboxylic acids is 5. The van der Waals surface area contributed by atoms with Gasteiger partial charge in [0.1, 0.15) is 18.4 Å². The molecule has 0 bridgehead atoms. The lowest BCUT2D eigenvalue weighted by molar-refractivity contribution is -0.141. The Bertz CT molecular complexity index is 1010. The number of hydrogen-bond acceptors (Lipinski definition) is 8. The monoisotopic (exact) mass is 548 g/mol. The molecule has 15 heteroatoms. The van der Waals surface area contributed by atoms with Gasteiger partial charge in [0.25, 0.3) is 0 Å². The molecule has 0 fully saturated rings. The second-order valence-corrected chi connectivity index (χ2v) is 8.51. The fourth-order valence-corrected chi connectivity index (χ4v) is 3.41. The number of hydrogen-bond donors (Lipinski definition) is 9. The van der Waals surface area contributed by atoms with E-state index in [-0.39, 0.29) is 31.9 Å². The van der Waals surface area contributed by atoms with Gasteiger partial charge in [-0.25, -0.2) is 0 Å². The highest BCUT2D eigenvalue weighted by molar-refractivity contribution is 5.94. The predicted octanol–water partition coefficient (Wildman–Crippen LogP) is -3.04. The standard InChI is InChI=1S/C24H36N8O7/c1-27-12-19(34)31-17(8-5-9-28-24(25)26)22(38)29-13-20(35)32-18(11-21(36)37)23(39)30-16(14-33)10-15-6-3-2-4-7-15/h2-4,6-7,14,16-18,27H,5,8-13H2,1H3,(H,29,38)(H,30,39)(H,31,34)(H,32,35)(H,36,37)(H4,25,26,28). The van der Waals surface area contributed by atoms with Crippen LogP contribution in [0.1, 0.15) is 24.8 Å². The molecule has 3 atom stereocenters. The van der Waals surface area contributed by atoms with Crippen LogP contribution in [-0.4, -0.2) is 91.8 Å². The Morgan fingerprint density at radius 2 is 1.59 bits per heavy atom. The Labute approximate surface area is 225 Å².